The number of fused-ring (bicyclic) bond motifs is 4. The molecule has 1 aliphatic carbocycles. The number of nitrogens with zero attached hydrogens (tertiary/aromatic N) is 2. The lowest BCUT2D eigenvalue weighted by atomic mass is 10.1. The van der Waals surface area contributed by atoms with Crippen LogP contribution in [0.2, 0.25) is 0 Å². The van der Waals surface area contributed by atoms with E-state index >= 15 is 0 Å². The van der Waals surface area contributed by atoms with E-state index in [4.69, 9.17) is 0 Å². The van der Waals surface area contributed by atoms with Gasteiger partial charge in [0.15, 0.2) is 0 Å². The van der Waals surface area contributed by atoms with E-state index in [1.807, 2.05) is 42.5 Å². The molecule has 0 saturated heterocycles. The number of aromatic nitrogens is 2. The Bertz CT molecular complexity index is 858. The van der Waals surface area contributed by atoms with Gasteiger partial charge < -0.3 is 0 Å². The Labute approximate surface area is 117 Å². The summed E-state index contributed by atoms with van der Waals surface area (Å²) in [6.07, 6.45) is 0. The quantitative estimate of drug-likeness (QED) is 0.498. The minimum absolute atomic E-state index is 0.0513. The van der Waals surface area contributed by atoms with E-state index in [1.54, 1.807) is 0 Å². The van der Waals surface area contributed by atoms with Crippen molar-refractivity contribution in [1.29, 1.82) is 0 Å². The highest BCUT2D eigenvalue weighted by molar-refractivity contribution is 9.10. The van der Waals surface area contributed by atoms with Gasteiger partial charge >= 0.3 is 0 Å². The second-order valence-corrected chi connectivity index (χ2v) is 5.34. The number of hydrogen-bond acceptors (Lipinski definition) is 3. The molecule has 4 heteroatoms. The van der Waals surface area contributed by atoms with Gasteiger partial charge in [-0.05, 0) is 24.3 Å². The molecule has 0 bridgehead atoms. The van der Waals surface area contributed by atoms with Crippen molar-refractivity contribution in [2.24, 2.45) is 0 Å². The molecule has 0 N–H and O–H groups in total. The molecule has 3 aromatic rings. The van der Waals surface area contributed by atoms with E-state index in [0.29, 0.717) is 17.0 Å². The van der Waals surface area contributed by atoms with Gasteiger partial charge in [-0.1, -0.05) is 34.1 Å². The second kappa shape index (κ2) is 3.71. The van der Waals surface area contributed by atoms with Crippen molar-refractivity contribution in [3.63, 3.8) is 0 Å². The number of hydrogen-bond donors (Lipinski definition) is 0. The zero-order valence-electron chi connectivity index (χ0n) is 9.72. The SMILES string of the molecule is O=C1c2cc(Br)ccc2-c2nc3ccccc3nc21. The Balaban J connectivity index is 2.10. The highest BCUT2D eigenvalue weighted by Crippen LogP contribution is 2.36. The smallest absolute Gasteiger partial charge is 0.214 e. The number of ketones is 1. The molecular weight excluding hydrogens is 304 g/mol. The van der Waals surface area contributed by atoms with Crippen molar-refractivity contribution in [2.75, 3.05) is 0 Å². The molecule has 1 aliphatic rings. The number of carbonyl (C=O) groups is 1. The van der Waals surface area contributed by atoms with E-state index in [2.05, 4.69) is 25.9 Å². The molecule has 0 unspecified atom stereocenters. The summed E-state index contributed by atoms with van der Waals surface area (Å²) in [5, 5.41) is 0. The highest BCUT2D eigenvalue weighted by atomic mass is 79.9. The average molecular weight is 311 g/mol. The molecule has 0 atom stereocenters. The lowest BCUT2D eigenvalue weighted by Gasteiger charge is -2.01. The zero-order valence-corrected chi connectivity index (χ0v) is 11.3. The lowest BCUT2D eigenvalue weighted by Crippen LogP contribution is -1.99. The van der Waals surface area contributed by atoms with Gasteiger partial charge in [0.25, 0.3) is 0 Å². The molecule has 0 aliphatic heterocycles. The topological polar surface area (TPSA) is 42.9 Å². The Morgan fingerprint density at radius 2 is 1.53 bits per heavy atom. The minimum Gasteiger partial charge on any atom is -0.287 e. The van der Waals surface area contributed by atoms with Crippen LogP contribution in [-0.2, 0) is 0 Å². The van der Waals surface area contributed by atoms with Crippen LogP contribution in [0.4, 0.5) is 0 Å². The Kier molecular flexibility index (Phi) is 2.11. The molecule has 3 nitrogen and oxygen atoms in total. The predicted octanol–water partition coefficient (Wildman–Crippen LogP) is 3.60. The summed E-state index contributed by atoms with van der Waals surface area (Å²) in [5.74, 6) is -0.0513. The fourth-order valence-electron chi connectivity index (χ4n) is 2.38. The van der Waals surface area contributed by atoms with Crippen molar-refractivity contribution in [1.82, 2.24) is 9.97 Å². The van der Waals surface area contributed by atoms with Gasteiger partial charge in [0.2, 0.25) is 5.78 Å². The van der Waals surface area contributed by atoms with Crippen LogP contribution < -0.4 is 0 Å². The molecule has 2 aromatic carbocycles. The van der Waals surface area contributed by atoms with Crippen LogP contribution in [0, 0.1) is 0 Å². The van der Waals surface area contributed by atoms with Crippen LogP contribution in [0.1, 0.15) is 16.1 Å². The van der Waals surface area contributed by atoms with Crippen LogP contribution in [0.3, 0.4) is 0 Å². The molecule has 90 valence electrons. The number of para-hydroxylation sites is 2. The van der Waals surface area contributed by atoms with Crippen LogP contribution in [-0.4, -0.2) is 15.8 Å². The summed E-state index contributed by atoms with van der Waals surface area (Å²) in [4.78, 5) is 21.4. The largest absolute Gasteiger partial charge is 0.287 e. The molecule has 1 heterocycles. The van der Waals surface area contributed by atoms with E-state index in [9.17, 15) is 4.79 Å². The monoisotopic (exact) mass is 310 g/mol. The number of carbonyl (C=O) groups excluding carboxylic acids is 1. The third-order valence-corrected chi connectivity index (χ3v) is 3.76. The first kappa shape index (κ1) is 10.8. The average Bonchev–Trinajstić information content (AvgIpc) is 2.69. The fourth-order valence-corrected chi connectivity index (χ4v) is 2.75. The van der Waals surface area contributed by atoms with Crippen molar-refractivity contribution in [2.45, 2.75) is 0 Å². The Morgan fingerprint density at radius 3 is 2.26 bits per heavy atom. The third-order valence-electron chi connectivity index (χ3n) is 3.27. The van der Waals surface area contributed by atoms with Crippen molar-refractivity contribution in [3.05, 3.63) is 58.2 Å². The number of halogens is 1. The van der Waals surface area contributed by atoms with E-state index in [1.165, 1.54) is 0 Å². The molecule has 0 fully saturated rings. The van der Waals surface area contributed by atoms with Crippen LogP contribution in [0.15, 0.2) is 46.9 Å². The molecule has 0 saturated carbocycles. The van der Waals surface area contributed by atoms with Crippen LogP contribution in [0.25, 0.3) is 22.3 Å². The molecular formula is C15H7BrN2O. The van der Waals surface area contributed by atoms with Crippen molar-refractivity contribution < 1.29 is 4.79 Å². The van der Waals surface area contributed by atoms with Gasteiger partial charge in [0.05, 0.1) is 11.0 Å². The van der Waals surface area contributed by atoms with Gasteiger partial charge in [-0.2, -0.15) is 0 Å². The van der Waals surface area contributed by atoms with Crippen molar-refractivity contribution in [3.8, 4) is 11.3 Å². The zero-order chi connectivity index (χ0) is 13.0. The minimum atomic E-state index is -0.0513. The van der Waals surface area contributed by atoms with Gasteiger partial charge in [0.1, 0.15) is 11.4 Å². The van der Waals surface area contributed by atoms with Gasteiger partial charge in [0, 0.05) is 15.6 Å². The molecule has 1 aromatic heterocycles. The maximum Gasteiger partial charge on any atom is 0.214 e. The first-order chi connectivity index (χ1) is 9.24. The summed E-state index contributed by atoms with van der Waals surface area (Å²) in [5.41, 5.74) is 4.23. The van der Waals surface area contributed by atoms with Crippen molar-refractivity contribution >= 4 is 32.7 Å². The maximum absolute atomic E-state index is 12.4. The molecule has 0 spiro atoms. The third kappa shape index (κ3) is 1.47. The second-order valence-electron chi connectivity index (χ2n) is 4.43. The molecule has 0 radical (unpaired) electrons. The summed E-state index contributed by atoms with van der Waals surface area (Å²) in [6.45, 7) is 0. The summed E-state index contributed by atoms with van der Waals surface area (Å²) in [7, 11) is 0. The van der Waals surface area contributed by atoms with Crippen LogP contribution in [0.5, 0.6) is 0 Å². The van der Waals surface area contributed by atoms with E-state index < -0.39 is 0 Å². The van der Waals surface area contributed by atoms with Crippen LogP contribution >= 0.6 is 15.9 Å². The standard InChI is InChI=1S/C15H7BrN2O/c16-8-5-6-9-10(7-8)15(19)14-13(9)17-11-3-1-2-4-12(11)18-14/h1-7H. The normalized spacial score (nSPS) is 12.6. The first-order valence-corrected chi connectivity index (χ1v) is 6.65. The first-order valence-electron chi connectivity index (χ1n) is 5.85. The van der Waals surface area contributed by atoms with Gasteiger partial charge in [-0.15, -0.1) is 0 Å². The predicted molar refractivity (Wildman–Crippen MR) is 76.1 cm³/mol. The summed E-state index contributed by atoms with van der Waals surface area (Å²) in [6, 6.07) is 13.2. The van der Waals surface area contributed by atoms with E-state index in [-0.39, 0.29) is 5.78 Å². The fraction of sp³-hybridized carbons (Fsp3) is 0. The maximum atomic E-state index is 12.4. The number of rotatable bonds is 0. The number of benzene rings is 2. The molecule has 4 rings (SSSR count). The Morgan fingerprint density at radius 1 is 0.842 bits per heavy atom. The summed E-state index contributed by atoms with van der Waals surface area (Å²) < 4.78 is 0.886. The Hall–Kier alpha value is -2.07. The van der Waals surface area contributed by atoms with Gasteiger partial charge in [-0.25, -0.2) is 9.97 Å². The highest BCUT2D eigenvalue weighted by Gasteiger charge is 2.30. The van der Waals surface area contributed by atoms with E-state index in [0.717, 1.165) is 21.1 Å². The lowest BCUT2D eigenvalue weighted by molar-refractivity contribution is 0.103. The summed E-state index contributed by atoms with van der Waals surface area (Å²) >= 11 is 3.39. The molecule has 0 amide bonds. The molecule has 19 heavy (non-hydrogen) atoms. The van der Waals surface area contributed by atoms with Gasteiger partial charge in [-0.3, -0.25) is 4.79 Å².